The molecule has 2 aliphatic heterocycles. The smallest absolute Gasteiger partial charge is 0.254 e. The molecule has 1 spiro atoms. The maximum atomic E-state index is 12.8. The van der Waals surface area contributed by atoms with Crippen molar-refractivity contribution < 1.29 is 23.7 Å². The summed E-state index contributed by atoms with van der Waals surface area (Å²) in [6.07, 6.45) is 2.92. The Morgan fingerprint density at radius 2 is 1.61 bits per heavy atom. The molecule has 0 aromatic heterocycles. The topological polar surface area (TPSA) is 57.2 Å². The van der Waals surface area contributed by atoms with Crippen LogP contribution in [-0.2, 0) is 4.74 Å². The Balaban J connectivity index is 1.79. The molecule has 6 heteroatoms. The van der Waals surface area contributed by atoms with Crippen LogP contribution < -0.4 is 14.2 Å². The first-order chi connectivity index (χ1) is 11.1. The molecular weight excluding hydrogens is 298 g/mol. The fourth-order valence-electron chi connectivity index (χ4n) is 3.29. The second-order valence-corrected chi connectivity index (χ2v) is 5.99. The number of hydrogen-bond acceptors (Lipinski definition) is 5. The van der Waals surface area contributed by atoms with E-state index in [1.54, 1.807) is 33.5 Å². The van der Waals surface area contributed by atoms with Gasteiger partial charge in [-0.05, 0) is 31.4 Å². The Hall–Kier alpha value is -1.95. The molecule has 0 radical (unpaired) electrons. The van der Waals surface area contributed by atoms with Gasteiger partial charge in [0, 0.05) is 18.7 Å². The highest BCUT2D eigenvalue weighted by atomic mass is 16.5. The van der Waals surface area contributed by atoms with Crippen LogP contribution in [0, 0.1) is 0 Å². The molecule has 1 amide bonds. The van der Waals surface area contributed by atoms with Crippen LogP contribution in [0.4, 0.5) is 0 Å². The number of hydrogen-bond donors (Lipinski definition) is 0. The molecule has 0 bridgehead atoms. The molecule has 2 aliphatic rings. The van der Waals surface area contributed by atoms with Crippen molar-refractivity contribution in [1.29, 1.82) is 0 Å². The van der Waals surface area contributed by atoms with E-state index in [0.717, 1.165) is 39.0 Å². The Morgan fingerprint density at radius 3 is 2.00 bits per heavy atom. The summed E-state index contributed by atoms with van der Waals surface area (Å²) in [5.41, 5.74) is 0.580. The standard InChI is InChI=1S/C17H23NO5/c1-20-13-10-12(11-14(21-2)15(13)22-3)16(19)18-7-4-17(5-8-18)6-9-23-17/h10-11H,4-9H2,1-3H3. The zero-order valence-electron chi connectivity index (χ0n) is 13.9. The number of nitrogens with zero attached hydrogens (tertiary/aromatic N) is 1. The van der Waals surface area contributed by atoms with Gasteiger partial charge in [-0.2, -0.15) is 0 Å². The lowest BCUT2D eigenvalue weighted by atomic mass is 9.84. The summed E-state index contributed by atoms with van der Waals surface area (Å²) >= 11 is 0. The van der Waals surface area contributed by atoms with Gasteiger partial charge in [0.1, 0.15) is 0 Å². The number of rotatable bonds is 4. The minimum atomic E-state index is -0.0153. The van der Waals surface area contributed by atoms with Gasteiger partial charge in [0.05, 0.1) is 33.5 Å². The number of carbonyl (C=O) groups excluding carboxylic acids is 1. The molecule has 0 aliphatic carbocycles. The number of amides is 1. The monoisotopic (exact) mass is 321 g/mol. The summed E-state index contributed by atoms with van der Waals surface area (Å²) in [7, 11) is 4.64. The number of benzene rings is 1. The Bertz CT molecular complexity index is 562. The van der Waals surface area contributed by atoms with Gasteiger partial charge in [-0.15, -0.1) is 0 Å². The van der Waals surface area contributed by atoms with Crippen molar-refractivity contribution in [1.82, 2.24) is 4.90 Å². The Kier molecular flexibility index (Phi) is 4.35. The Labute approximate surface area is 136 Å². The first-order valence-electron chi connectivity index (χ1n) is 7.86. The van der Waals surface area contributed by atoms with E-state index in [9.17, 15) is 4.79 Å². The number of carbonyl (C=O) groups is 1. The van der Waals surface area contributed by atoms with Crippen molar-refractivity contribution in [2.45, 2.75) is 24.9 Å². The molecule has 23 heavy (non-hydrogen) atoms. The first-order valence-corrected chi connectivity index (χ1v) is 7.86. The van der Waals surface area contributed by atoms with E-state index in [1.165, 1.54) is 0 Å². The third-order valence-corrected chi connectivity index (χ3v) is 4.84. The first kappa shape index (κ1) is 15.9. The summed E-state index contributed by atoms with van der Waals surface area (Å²) in [6, 6.07) is 3.40. The molecule has 2 fully saturated rings. The zero-order chi connectivity index (χ0) is 16.4. The SMILES string of the molecule is COc1cc(C(=O)N2CCC3(CCO3)CC2)cc(OC)c1OC. The van der Waals surface area contributed by atoms with Crippen molar-refractivity contribution in [3.8, 4) is 17.2 Å². The van der Waals surface area contributed by atoms with Gasteiger partial charge < -0.3 is 23.8 Å². The molecular formula is C17H23NO5. The maximum Gasteiger partial charge on any atom is 0.254 e. The molecule has 3 rings (SSSR count). The Morgan fingerprint density at radius 1 is 1.04 bits per heavy atom. The van der Waals surface area contributed by atoms with Gasteiger partial charge >= 0.3 is 0 Å². The van der Waals surface area contributed by atoms with E-state index in [2.05, 4.69) is 0 Å². The molecule has 1 aromatic rings. The van der Waals surface area contributed by atoms with Crippen molar-refractivity contribution in [2.75, 3.05) is 41.0 Å². The summed E-state index contributed by atoms with van der Waals surface area (Å²) < 4.78 is 21.6. The summed E-state index contributed by atoms with van der Waals surface area (Å²) in [4.78, 5) is 14.7. The van der Waals surface area contributed by atoms with Crippen LogP contribution in [0.25, 0.3) is 0 Å². The number of likely N-dealkylation sites (tertiary alicyclic amines) is 1. The highest BCUT2D eigenvalue weighted by Gasteiger charge is 2.42. The van der Waals surface area contributed by atoms with E-state index in [-0.39, 0.29) is 11.5 Å². The summed E-state index contributed by atoms with van der Waals surface area (Å²) in [5, 5.41) is 0. The van der Waals surface area contributed by atoms with Crippen molar-refractivity contribution in [3.63, 3.8) is 0 Å². The summed E-state index contributed by atoms with van der Waals surface area (Å²) in [6.45, 7) is 2.28. The van der Waals surface area contributed by atoms with E-state index < -0.39 is 0 Å². The van der Waals surface area contributed by atoms with Gasteiger partial charge in [0.25, 0.3) is 5.91 Å². The van der Waals surface area contributed by atoms with Gasteiger partial charge in [-0.1, -0.05) is 0 Å². The average Bonchev–Trinajstić information content (AvgIpc) is 2.58. The van der Waals surface area contributed by atoms with Crippen molar-refractivity contribution >= 4 is 5.91 Å². The zero-order valence-corrected chi connectivity index (χ0v) is 13.9. The van der Waals surface area contributed by atoms with E-state index >= 15 is 0 Å². The number of methoxy groups -OCH3 is 3. The van der Waals surface area contributed by atoms with Crippen LogP contribution in [0.15, 0.2) is 12.1 Å². The third kappa shape index (κ3) is 2.83. The van der Waals surface area contributed by atoms with Crippen LogP contribution in [0.5, 0.6) is 17.2 Å². The normalized spacial score (nSPS) is 19.2. The lowest BCUT2D eigenvalue weighted by Gasteiger charge is -2.47. The highest BCUT2D eigenvalue weighted by Crippen LogP contribution is 2.40. The lowest BCUT2D eigenvalue weighted by Crippen LogP contribution is -2.53. The largest absolute Gasteiger partial charge is 0.493 e. The molecule has 6 nitrogen and oxygen atoms in total. The van der Waals surface area contributed by atoms with E-state index in [0.29, 0.717) is 22.8 Å². The lowest BCUT2D eigenvalue weighted by molar-refractivity contribution is -0.169. The molecule has 0 N–H and O–H groups in total. The molecule has 126 valence electrons. The third-order valence-electron chi connectivity index (χ3n) is 4.84. The minimum absolute atomic E-state index is 0.0153. The van der Waals surface area contributed by atoms with Crippen LogP contribution in [0.3, 0.4) is 0 Å². The number of ether oxygens (including phenoxy) is 4. The van der Waals surface area contributed by atoms with E-state index in [1.807, 2.05) is 4.90 Å². The molecule has 0 atom stereocenters. The van der Waals surface area contributed by atoms with Crippen LogP contribution >= 0.6 is 0 Å². The molecule has 2 saturated heterocycles. The molecule has 0 unspecified atom stereocenters. The molecule has 2 heterocycles. The van der Waals surface area contributed by atoms with Gasteiger partial charge in [0.15, 0.2) is 11.5 Å². The minimum Gasteiger partial charge on any atom is -0.493 e. The van der Waals surface area contributed by atoms with Gasteiger partial charge in [-0.25, -0.2) is 0 Å². The highest BCUT2D eigenvalue weighted by molar-refractivity contribution is 5.95. The van der Waals surface area contributed by atoms with Gasteiger partial charge in [-0.3, -0.25) is 4.79 Å². The average molecular weight is 321 g/mol. The quantitative estimate of drug-likeness (QED) is 0.850. The predicted octanol–water partition coefficient (Wildman–Crippen LogP) is 2.11. The second kappa shape index (κ2) is 6.28. The summed E-state index contributed by atoms with van der Waals surface area (Å²) in [5.74, 6) is 1.46. The van der Waals surface area contributed by atoms with Crippen LogP contribution in [0.1, 0.15) is 29.6 Å². The second-order valence-electron chi connectivity index (χ2n) is 5.99. The van der Waals surface area contributed by atoms with E-state index in [4.69, 9.17) is 18.9 Å². The number of piperidine rings is 1. The van der Waals surface area contributed by atoms with Crippen molar-refractivity contribution in [3.05, 3.63) is 17.7 Å². The van der Waals surface area contributed by atoms with Crippen LogP contribution in [0.2, 0.25) is 0 Å². The maximum absolute atomic E-state index is 12.8. The molecule has 0 saturated carbocycles. The van der Waals surface area contributed by atoms with Crippen LogP contribution in [-0.4, -0.2) is 57.4 Å². The predicted molar refractivity (Wildman–Crippen MR) is 84.5 cm³/mol. The van der Waals surface area contributed by atoms with Gasteiger partial charge in [0.2, 0.25) is 5.75 Å². The fourth-order valence-corrected chi connectivity index (χ4v) is 3.29. The molecule has 1 aromatic carbocycles. The van der Waals surface area contributed by atoms with Crippen molar-refractivity contribution in [2.24, 2.45) is 0 Å². The fraction of sp³-hybridized carbons (Fsp3) is 0.588.